The molecular formula is C13H14O2. The number of aliphatic hydroxyl groups is 1. The SMILES string of the molecule is Cc1cc(C(O)c2ccccc2C)co1. The van der Waals surface area contributed by atoms with Crippen LogP contribution in [0.15, 0.2) is 41.0 Å². The van der Waals surface area contributed by atoms with E-state index in [4.69, 9.17) is 4.42 Å². The highest BCUT2D eigenvalue weighted by Crippen LogP contribution is 2.25. The molecule has 1 N–H and O–H groups in total. The van der Waals surface area contributed by atoms with Crippen molar-refractivity contribution in [2.24, 2.45) is 0 Å². The van der Waals surface area contributed by atoms with E-state index in [1.807, 2.05) is 44.2 Å². The van der Waals surface area contributed by atoms with Crippen LogP contribution in [0.1, 0.15) is 28.6 Å². The van der Waals surface area contributed by atoms with E-state index >= 15 is 0 Å². The van der Waals surface area contributed by atoms with Crippen LogP contribution in [0.3, 0.4) is 0 Å². The second-order valence-electron chi connectivity index (χ2n) is 3.75. The molecule has 0 aliphatic heterocycles. The Bertz CT molecular complexity index is 457. The average Bonchev–Trinajstić information content (AvgIpc) is 2.65. The zero-order valence-corrected chi connectivity index (χ0v) is 8.90. The number of aliphatic hydroxyl groups excluding tert-OH is 1. The molecule has 0 aliphatic rings. The summed E-state index contributed by atoms with van der Waals surface area (Å²) in [6, 6.07) is 9.68. The molecule has 0 radical (unpaired) electrons. The molecular weight excluding hydrogens is 188 g/mol. The summed E-state index contributed by atoms with van der Waals surface area (Å²) in [5.41, 5.74) is 2.82. The predicted octanol–water partition coefficient (Wildman–Crippen LogP) is 2.98. The quantitative estimate of drug-likeness (QED) is 0.812. The lowest BCUT2D eigenvalue weighted by Crippen LogP contribution is -2.00. The number of hydrogen-bond donors (Lipinski definition) is 1. The summed E-state index contributed by atoms with van der Waals surface area (Å²) in [6.07, 6.45) is 1.01. The molecule has 2 heteroatoms. The lowest BCUT2D eigenvalue weighted by molar-refractivity contribution is 0.218. The van der Waals surface area contributed by atoms with Gasteiger partial charge in [-0.1, -0.05) is 24.3 Å². The number of hydrogen-bond acceptors (Lipinski definition) is 2. The van der Waals surface area contributed by atoms with Crippen molar-refractivity contribution in [3.8, 4) is 0 Å². The zero-order valence-electron chi connectivity index (χ0n) is 8.90. The number of furan rings is 1. The molecule has 0 bridgehead atoms. The first-order chi connectivity index (χ1) is 7.18. The van der Waals surface area contributed by atoms with Crippen LogP contribution in [-0.4, -0.2) is 5.11 Å². The molecule has 15 heavy (non-hydrogen) atoms. The summed E-state index contributed by atoms with van der Waals surface area (Å²) < 4.78 is 5.19. The van der Waals surface area contributed by atoms with Gasteiger partial charge in [0.15, 0.2) is 0 Å². The predicted molar refractivity (Wildman–Crippen MR) is 58.7 cm³/mol. The van der Waals surface area contributed by atoms with Gasteiger partial charge in [-0.05, 0) is 31.0 Å². The van der Waals surface area contributed by atoms with E-state index in [2.05, 4.69) is 0 Å². The first kappa shape index (κ1) is 9.99. The summed E-state index contributed by atoms with van der Waals surface area (Å²) >= 11 is 0. The molecule has 1 aromatic heterocycles. The maximum Gasteiger partial charge on any atom is 0.107 e. The molecule has 0 saturated heterocycles. The van der Waals surface area contributed by atoms with Crippen LogP contribution in [0.4, 0.5) is 0 Å². The molecule has 2 nitrogen and oxygen atoms in total. The number of aryl methyl sites for hydroxylation is 2. The molecule has 0 aliphatic carbocycles. The molecule has 1 heterocycles. The van der Waals surface area contributed by atoms with Gasteiger partial charge in [0.05, 0.1) is 6.26 Å². The second-order valence-corrected chi connectivity index (χ2v) is 3.75. The largest absolute Gasteiger partial charge is 0.469 e. The van der Waals surface area contributed by atoms with Crippen molar-refractivity contribution in [1.29, 1.82) is 0 Å². The topological polar surface area (TPSA) is 33.4 Å². The van der Waals surface area contributed by atoms with E-state index < -0.39 is 6.10 Å². The normalized spacial score (nSPS) is 12.7. The first-order valence-electron chi connectivity index (χ1n) is 4.97. The van der Waals surface area contributed by atoms with Crippen LogP contribution in [0.2, 0.25) is 0 Å². The van der Waals surface area contributed by atoms with Crippen molar-refractivity contribution in [3.63, 3.8) is 0 Å². The Balaban J connectivity index is 2.36. The number of benzene rings is 1. The van der Waals surface area contributed by atoms with Crippen LogP contribution in [0, 0.1) is 13.8 Å². The molecule has 78 valence electrons. The highest BCUT2D eigenvalue weighted by atomic mass is 16.3. The van der Waals surface area contributed by atoms with E-state index in [9.17, 15) is 5.11 Å². The van der Waals surface area contributed by atoms with Crippen molar-refractivity contribution < 1.29 is 9.52 Å². The third kappa shape index (κ3) is 1.95. The summed E-state index contributed by atoms with van der Waals surface area (Å²) in [5, 5.41) is 10.1. The van der Waals surface area contributed by atoms with Crippen molar-refractivity contribution in [3.05, 3.63) is 59.0 Å². The van der Waals surface area contributed by atoms with Gasteiger partial charge in [0, 0.05) is 5.56 Å². The second kappa shape index (κ2) is 3.91. The molecule has 2 aromatic rings. The smallest absolute Gasteiger partial charge is 0.107 e. The van der Waals surface area contributed by atoms with Crippen molar-refractivity contribution in [2.45, 2.75) is 20.0 Å². The fourth-order valence-electron chi connectivity index (χ4n) is 1.68. The molecule has 1 aromatic carbocycles. The highest BCUT2D eigenvalue weighted by Gasteiger charge is 2.14. The fraction of sp³-hybridized carbons (Fsp3) is 0.231. The molecule has 2 rings (SSSR count). The van der Waals surface area contributed by atoms with Gasteiger partial charge in [0.2, 0.25) is 0 Å². The Labute approximate surface area is 89.2 Å². The van der Waals surface area contributed by atoms with E-state index in [0.29, 0.717) is 0 Å². The Morgan fingerprint density at radius 1 is 1.20 bits per heavy atom. The molecule has 1 atom stereocenters. The lowest BCUT2D eigenvalue weighted by atomic mass is 9.99. The Kier molecular flexibility index (Phi) is 2.60. The molecule has 0 amide bonds. The maximum atomic E-state index is 10.1. The van der Waals surface area contributed by atoms with Gasteiger partial charge in [-0.25, -0.2) is 0 Å². The van der Waals surface area contributed by atoms with E-state index in [1.54, 1.807) is 6.26 Å². The van der Waals surface area contributed by atoms with Crippen molar-refractivity contribution in [2.75, 3.05) is 0 Å². The lowest BCUT2D eigenvalue weighted by Gasteiger charge is -2.11. The van der Waals surface area contributed by atoms with Crippen LogP contribution >= 0.6 is 0 Å². The van der Waals surface area contributed by atoms with Crippen LogP contribution in [0.5, 0.6) is 0 Å². The van der Waals surface area contributed by atoms with Gasteiger partial charge < -0.3 is 9.52 Å². The van der Waals surface area contributed by atoms with Crippen LogP contribution in [0.25, 0.3) is 0 Å². The zero-order chi connectivity index (χ0) is 10.8. The van der Waals surface area contributed by atoms with Crippen molar-refractivity contribution >= 4 is 0 Å². The molecule has 0 spiro atoms. The van der Waals surface area contributed by atoms with E-state index in [0.717, 1.165) is 22.5 Å². The fourth-order valence-corrected chi connectivity index (χ4v) is 1.68. The standard InChI is InChI=1S/C13H14O2/c1-9-5-3-4-6-12(9)13(14)11-7-10(2)15-8-11/h3-8,13-14H,1-2H3. The minimum absolute atomic E-state index is 0.594. The Morgan fingerprint density at radius 2 is 1.93 bits per heavy atom. The van der Waals surface area contributed by atoms with Crippen molar-refractivity contribution in [1.82, 2.24) is 0 Å². The third-order valence-electron chi connectivity index (χ3n) is 2.55. The van der Waals surface area contributed by atoms with Gasteiger partial charge in [0.25, 0.3) is 0 Å². The Hall–Kier alpha value is -1.54. The van der Waals surface area contributed by atoms with Gasteiger partial charge in [-0.3, -0.25) is 0 Å². The monoisotopic (exact) mass is 202 g/mol. The summed E-state index contributed by atoms with van der Waals surface area (Å²) in [7, 11) is 0. The Morgan fingerprint density at radius 3 is 2.53 bits per heavy atom. The van der Waals surface area contributed by atoms with E-state index in [1.165, 1.54) is 0 Å². The van der Waals surface area contributed by atoms with Gasteiger partial charge in [-0.15, -0.1) is 0 Å². The van der Waals surface area contributed by atoms with Crippen LogP contribution in [-0.2, 0) is 0 Å². The highest BCUT2D eigenvalue weighted by molar-refractivity contribution is 5.34. The maximum absolute atomic E-state index is 10.1. The summed E-state index contributed by atoms with van der Waals surface area (Å²) in [5.74, 6) is 0.817. The molecule has 0 saturated carbocycles. The summed E-state index contributed by atoms with van der Waals surface area (Å²) in [6.45, 7) is 3.86. The van der Waals surface area contributed by atoms with Crippen LogP contribution < -0.4 is 0 Å². The third-order valence-corrected chi connectivity index (χ3v) is 2.55. The van der Waals surface area contributed by atoms with Gasteiger partial charge in [0.1, 0.15) is 11.9 Å². The average molecular weight is 202 g/mol. The minimum Gasteiger partial charge on any atom is -0.469 e. The van der Waals surface area contributed by atoms with Gasteiger partial charge >= 0.3 is 0 Å². The number of rotatable bonds is 2. The van der Waals surface area contributed by atoms with Gasteiger partial charge in [-0.2, -0.15) is 0 Å². The molecule has 1 unspecified atom stereocenters. The summed E-state index contributed by atoms with van der Waals surface area (Å²) in [4.78, 5) is 0. The van der Waals surface area contributed by atoms with E-state index in [-0.39, 0.29) is 0 Å². The minimum atomic E-state index is -0.594. The molecule has 0 fully saturated rings. The first-order valence-corrected chi connectivity index (χ1v) is 4.97.